The van der Waals surface area contributed by atoms with Gasteiger partial charge >= 0.3 is 0 Å². The largest absolute Gasteiger partial charge is 0.0872 e. The summed E-state index contributed by atoms with van der Waals surface area (Å²) >= 11 is 0. The first-order valence-corrected chi connectivity index (χ1v) is 59.2. The van der Waals surface area contributed by atoms with Crippen LogP contribution in [0.5, 0.6) is 0 Å². The average molecular weight is 1930 g/mol. The molecule has 0 saturated heterocycles. The molecule has 2 saturated carbocycles. The number of rotatable bonds is 20. The van der Waals surface area contributed by atoms with Crippen molar-refractivity contribution in [3.63, 3.8) is 0 Å². The molecule has 3 unspecified atom stereocenters. The quantitative estimate of drug-likeness (QED) is 0.0527. The Kier molecular flexibility index (Phi) is 33.7. The van der Waals surface area contributed by atoms with Gasteiger partial charge in [-0.05, 0) is 261 Å². The molecular weight excluding hydrogens is 1800 g/mol. The molecular formula is C137H131P5. The summed E-state index contributed by atoms with van der Waals surface area (Å²) in [5.41, 5.74) is 20.1. The maximum Gasteiger partial charge on any atom is 0.0133 e. The summed E-state index contributed by atoms with van der Waals surface area (Å²) in [5, 5.41) is 17.5. The molecule has 0 radical (unpaired) electrons. The number of benzene rings is 17. The van der Waals surface area contributed by atoms with Crippen molar-refractivity contribution in [3.05, 3.63) is 578 Å². The fourth-order valence-electron chi connectivity index (χ4n) is 23.8. The fourth-order valence-corrected chi connectivity index (χ4v) is 38.7. The molecule has 0 spiro atoms. The van der Waals surface area contributed by atoms with Crippen molar-refractivity contribution in [3.8, 4) is 0 Å². The highest BCUT2D eigenvalue weighted by atomic mass is 31.1. The van der Waals surface area contributed by atoms with Crippen LogP contribution >= 0.6 is 39.6 Å². The lowest BCUT2D eigenvalue weighted by Crippen LogP contribution is -2.26. The third-order valence-corrected chi connectivity index (χ3v) is 44.5. The zero-order valence-corrected chi connectivity index (χ0v) is 86.4. The van der Waals surface area contributed by atoms with E-state index >= 15 is 0 Å². The summed E-state index contributed by atoms with van der Waals surface area (Å²) in [6.45, 7) is 2.31. The van der Waals surface area contributed by atoms with Crippen LogP contribution < -0.4 is 53.0 Å². The van der Waals surface area contributed by atoms with Gasteiger partial charge < -0.3 is 0 Å². The van der Waals surface area contributed by atoms with Gasteiger partial charge in [0.1, 0.15) is 0 Å². The molecule has 0 amide bonds. The van der Waals surface area contributed by atoms with E-state index in [4.69, 9.17) is 0 Å². The first kappa shape index (κ1) is 97.3. The van der Waals surface area contributed by atoms with Crippen molar-refractivity contribution in [1.29, 1.82) is 0 Å². The Balaban J connectivity index is 0.000000106. The smallest absolute Gasteiger partial charge is 0.0133 e. The van der Waals surface area contributed by atoms with Gasteiger partial charge in [0.25, 0.3) is 0 Å². The van der Waals surface area contributed by atoms with Crippen LogP contribution in [-0.4, -0.2) is 28.3 Å². The molecule has 704 valence electrons. The van der Waals surface area contributed by atoms with Crippen molar-refractivity contribution >= 4 is 115 Å². The van der Waals surface area contributed by atoms with E-state index in [9.17, 15) is 0 Å². The van der Waals surface area contributed by atoms with Gasteiger partial charge in [0, 0.05) is 40.1 Å². The molecule has 25 rings (SSSR count). The summed E-state index contributed by atoms with van der Waals surface area (Å²) < 4.78 is 0. The number of aryl methyl sites for hydroxylation is 1. The summed E-state index contributed by atoms with van der Waals surface area (Å²) in [6.07, 6.45) is 34.4. The van der Waals surface area contributed by atoms with E-state index in [0.717, 1.165) is 30.6 Å². The Hall–Kier alpha value is -12.2. The van der Waals surface area contributed by atoms with Gasteiger partial charge in [0.2, 0.25) is 0 Å². The minimum atomic E-state index is -0.428. The van der Waals surface area contributed by atoms with E-state index in [1.54, 1.807) is 27.8 Å². The molecule has 0 nitrogen and oxygen atoms in total. The van der Waals surface area contributed by atoms with Crippen LogP contribution in [0.3, 0.4) is 0 Å². The van der Waals surface area contributed by atoms with Crippen LogP contribution in [-0.2, 0) is 6.42 Å². The highest BCUT2D eigenvalue weighted by Crippen LogP contribution is 2.61. The lowest BCUT2D eigenvalue weighted by molar-refractivity contribution is 0.416. The first-order valence-electron chi connectivity index (χ1n) is 52.2. The zero-order chi connectivity index (χ0) is 95.6. The molecule has 11 atom stereocenters. The summed E-state index contributed by atoms with van der Waals surface area (Å²) in [7, 11) is -2.04. The van der Waals surface area contributed by atoms with E-state index < -0.39 is 31.7 Å². The van der Waals surface area contributed by atoms with Gasteiger partial charge in [-0.2, -0.15) is 0 Å². The molecule has 5 heteroatoms. The monoisotopic (exact) mass is 1930 g/mol. The van der Waals surface area contributed by atoms with Gasteiger partial charge in [0.15, 0.2) is 0 Å². The third-order valence-electron chi connectivity index (χ3n) is 30.3. The highest BCUT2D eigenvalue weighted by molar-refractivity contribution is 7.75. The summed E-state index contributed by atoms with van der Waals surface area (Å²) in [5.74, 6) is 4.00. The van der Waals surface area contributed by atoms with Crippen molar-refractivity contribution in [2.24, 2.45) is 11.8 Å². The van der Waals surface area contributed by atoms with Gasteiger partial charge in [-0.1, -0.05) is 559 Å². The molecule has 2 fully saturated rings. The topological polar surface area (TPSA) is 0 Å². The lowest BCUT2D eigenvalue weighted by atomic mass is 9.77. The predicted octanol–water partition coefficient (Wildman–Crippen LogP) is 32.7. The fraction of sp³-hybridized carbons (Fsp3) is 0.197. The molecule has 8 aliphatic carbocycles. The Morgan fingerprint density at radius 2 is 0.676 bits per heavy atom. The molecule has 17 aromatic carbocycles. The summed E-state index contributed by atoms with van der Waals surface area (Å²) in [6, 6.07) is 181. The minimum Gasteiger partial charge on any atom is -0.0872 e. The van der Waals surface area contributed by atoms with E-state index in [1.807, 2.05) is 0 Å². The second-order valence-corrected chi connectivity index (χ2v) is 51.0. The predicted molar refractivity (Wildman–Crippen MR) is 624 cm³/mol. The van der Waals surface area contributed by atoms with Crippen LogP contribution in [0.4, 0.5) is 0 Å². The molecule has 8 aliphatic rings. The van der Waals surface area contributed by atoms with Crippen LogP contribution in [0, 0.1) is 11.8 Å². The molecule has 0 heterocycles. The van der Waals surface area contributed by atoms with E-state index in [0.29, 0.717) is 46.0 Å². The molecule has 142 heavy (non-hydrogen) atoms. The first-order chi connectivity index (χ1) is 70.5. The maximum atomic E-state index is 2.70. The maximum absolute atomic E-state index is 2.70. The van der Waals surface area contributed by atoms with Crippen molar-refractivity contribution in [2.75, 3.05) is 0 Å². The number of fused-ring (bicyclic) bond motifs is 4. The third kappa shape index (κ3) is 23.5. The number of allylic oxidation sites excluding steroid dienone is 10. The van der Waals surface area contributed by atoms with Gasteiger partial charge in [-0.3, -0.25) is 0 Å². The normalized spacial score (nSPS) is 20.5. The Morgan fingerprint density at radius 1 is 0.275 bits per heavy atom. The molecule has 0 aromatic heterocycles. The summed E-state index contributed by atoms with van der Waals surface area (Å²) in [4.78, 5) is 0. The molecule has 0 N–H and O–H groups in total. The SMILES string of the molecule is C1=C(c2ccccc2)[C@@H](P(c2ccccc2)c2ccccc2)CC1.C1=C2CCCC[C@@H]2C(c2ccccc2)[C@@H]1P(c1ccccc1)c1ccccc1.C1=C[C@@H](P(c2ccccc2)c2ccccc2)C(c2ccccc2)C1.C1=C[C@H](c2ccc3ccccc3c2)C(P(c2ccccc2)c2ccccc2)C1.C[C@H]1CCc2ccccc21.c1ccc(C2=C3CCCC[C@@H]3C[C@@H]2P(c2ccccc2)c2ccccc2)cc1. The zero-order valence-electron chi connectivity index (χ0n) is 81.9. The standard InChI is InChI=1S/2C27H27P.C27H23P.2C23H21P.C10H12/c2*1-4-12-21(13-5-1)27-25-19-11-10-14-22(25)20-26(27)28(23-15-6-2-7-16-23)24-17-8-3-9-18-24;1-3-12-24(13-4-1)28(25-14-5-2-6-15-25)27-17-9-16-26(27)23-19-18-21-10-7-8-11-22(21)20-23;2*1-4-11-19(12-5-1)22-17-10-18-23(22)24(20-13-6-2-7-14-20)21-15-8-3-9-16-21;1-8-6-7-9-4-2-3-5-10(8)9/h1-9,12-13,15-18,22,26H,10-11,14,19-20H2;1-9,12-13,15-18,20,25-27H,10-11,14,19H2;1-16,18-20,26-27H,17H2;1-9,11-17,23H,10,18H2;1-16,18,22-23H,17H2;2-5,8H,6-7H2,1H3/t22-,26+;25-,26+,27?;26-,27?;23-;22?,23-;8-/m101010/s1. The Morgan fingerprint density at radius 3 is 1.18 bits per heavy atom. The van der Waals surface area contributed by atoms with E-state index in [1.165, 1.54) is 181 Å². The highest BCUT2D eigenvalue weighted by Gasteiger charge is 2.45. The van der Waals surface area contributed by atoms with E-state index in [2.05, 4.69) is 535 Å². The Bertz CT molecular complexity index is 6570. The van der Waals surface area contributed by atoms with Crippen LogP contribution in [0.15, 0.2) is 539 Å². The van der Waals surface area contributed by atoms with Crippen molar-refractivity contribution < 1.29 is 0 Å². The molecule has 0 aliphatic heterocycles. The number of hydrogen-bond acceptors (Lipinski definition) is 0. The Labute approximate surface area is 853 Å². The van der Waals surface area contributed by atoms with Crippen LogP contribution in [0.2, 0.25) is 0 Å². The van der Waals surface area contributed by atoms with Gasteiger partial charge in [-0.15, -0.1) is 0 Å². The van der Waals surface area contributed by atoms with Gasteiger partial charge in [-0.25, -0.2) is 0 Å². The van der Waals surface area contributed by atoms with Crippen molar-refractivity contribution in [2.45, 2.75) is 155 Å². The average Bonchev–Trinajstić information content (AvgIpc) is 1.61. The number of hydrogen-bond donors (Lipinski definition) is 0. The molecule has 0 bridgehead atoms. The molecule has 17 aromatic rings. The van der Waals surface area contributed by atoms with Crippen LogP contribution in [0.1, 0.15) is 159 Å². The van der Waals surface area contributed by atoms with E-state index in [-0.39, 0.29) is 7.92 Å². The minimum absolute atomic E-state index is 0.383. The van der Waals surface area contributed by atoms with Crippen LogP contribution in [0.25, 0.3) is 21.9 Å². The second kappa shape index (κ2) is 49.2. The second-order valence-electron chi connectivity index (χ2n) is 39.0. The lowest BCUT2D eigenvalue weighted by Gasteiger charge is -2.34. The van der Waals surface area contributed by atoms with Gasteiger partial charge in [0.05, 0.1) is 0 Å². The van der Waals surface area contributed by atoms with Crippen molar-refractivity contribution in [1.82, 2.24) is 0 Å².